The molecule has 1 aliphatic rings. The highest BCUT2D eigenvalue weighted by Gasteiger charge is 2.37. The second kappa shape index (κ2) is 10.4. The van der Waals surface area contributed by atoms with Crippen LogP contribution in [0, 0.1) is 5.92 Å². The maximum absolute atomic E-state index is 12.5. The van der Waals surface area contributed by atoms with Gasteiger partial charge in [-0.2, -0.15) is 0 Å². The first-order chi connectivity index (χ1) is 15.6. The number of carbonyl (C=O) groups is 2. The van der Waals surface area contributed by atoms with Crippen molar-refractivity contribution < 1.29 is 32.2 Å². The summed E-state index contributed by atoms with van der Waals surface area (Å²) in [5.41, 5.74) is 0.508. The van der Waals surface area contributed by atoms with Crippen molar-refractivity contribution in [3.05, 3.63) is 47.5 Å². The normalized spacial score (nSPS) is 16.2. The number of amides is 1. The minimum atomic E-state index is -3.51. The van der Waals surface area contributed by atoms with Crippen LogP contribution in [0.25, 0.3) is 0 Å². The van der Waals surface area contributed by atoms with Gasteiger partial charge in [-0.25, -0.2) is 12.7 Å². The van der Waals surface area contributed by atoms with E-state index in [2.05, 4.69) is 0 Å². The lowest BCUT2D eigenvalue weighted by Gasteiger charge is -2.19. The van der Waals surface area contributed by atoms with Crippen LogP contribution in [0.15, 0.2) is 47.4 Å². The number of hydrogen-bond acceptors (Lipinski definition) is 7. The molecule has 33 heavy (non-hydrogen) atoms. The van der Waals surface area contributed by atoms with Gasteiger partial charge in [0, 0.05) is 32.1 Å². The van der Waals surface area contributed by atoms with Gasteiger partial charge in [0.25, 0.3) is 0 Å². The van der Waals surface area contributed by atoms with Crippen LogP contribution >= 0.6 is 11.6 Å². The number of esters is 1. The number of carbonyl (C=O) groups excluding carboxylic acids is 2. The molecule has 0 radical (unpaired) electrons. The number of halogens is 1. The Kier molecular flexibility index (Phi) is 7.83. The van der Waals surface area contributed by atoms with E-state index in [1.54, 1.807) is 18.2 Å². The topological polar surface area (TPSA) is 102 Å². The molecular weight excluding hydrogens is 472 g/mol. The minimum absolute atomic E-state index is 0.0121. The Morgan fingerprint density at radius 2 is 1.85 bits per heavy atom. The van der Waals surface area contributed by atoms with Crippen LogP contribution in [-0.2, 0) is 24.3 Å². The smallest absolute Gasteiger partial charge is 0.311 e. The summed E-state index contributed by atoms with van der Waals surface area (Å²) in [6.07, 6.45) is 0.0250. The van der Waals surface area contributed by atoms with E-state index in [1.165, 1.54) is 50.4 Å². The average Bonchev–Trinajstić information content (AvgIpc) is 3.18. The van der Waals surface area contributed by atoms with Crippen molar-refractivity contribution in [2.24, 2.45) is 5.92 Å². The molecule has 0 aliphatic carbocycles. The van der Waals surface area contributed by atoms with Gasteiger partial charge >= 0.3 is 5.97 Å². The largest absolute Gasteiger partial charge is 0.495 e. The summed E-state index contributed by atoms with van der Waals surface area (Å²) in [6, 6.07) is 10.9. The van der Waals surface area contributed by atoms with E-state index < -0.39 is 21.9 Å². The van der Waals surface area contributed by atoms with Gasteiger partial charge in [-0.05, 0) is 42.5 Å². The van der Waals surface area contributed by atoms with Gasteiger partial charge in [-0.1, -0.05) is 11.6 Å². The zero-order valence-corrected chi connectivity index (χ0v) is 20.1. The van der Waals surface area contributed by atoms with Crippen LogP contribution in [0.1, 0.15) is 6.42 Å². The van der Waals surface area contributed by atoms with Gasteiger partial charge in [0.05, 0.1) is 23.6 Å². The molecule has 2 aromatic carbocycles. The first kappa shape index (κ1) is 24.8. The lowest BCUT2D eigenvalue weighted by molar-refractivity contribution is -0.149. The standard InChI is InChI=1S/C22H25ClN2O7S/c1-24(2)33(28,29)18-7-5-17(6-8-18)31-10-11-32-22(27)15-12-21(26)25(14-15)19-13-16(23)4-9-20(19)30-3/h4-9,13,15H,10-12,14H2,1-3H3/t15-/m0/s1. The van der Waals surface area contributed by atoms with Crippen LogP contribution in [0.2, 0.25) is 5.02 Å². The van der Waals surface area contributed by atoms with Gasteiger partial charge in [0.15, 0.2) is 0 Å². The molecule has 1 aliphatic heterocycles. The fraction of sp³-hybridized carbons (Fsp3) is 0.364. The maximum atomic E-state index is 12.5. The summed E-state index contributed by atoms with van der Waals surface area (Å²) < 4.78 is 41.4. The van der Waals surface area contributed by atoms with Crippen LogP contribution in [0.5, 0.6) is 11.5 Å². The van der Waals surface area contributed by atoms with E-state index in [4.69, 9.17) is 25.8 Å². The quantitative estimate of drug-likeness (QED) is 0.388. The molecule has 0 saturated carbocycles. The molecule has 0 unspecified atom stereocenters. The zero-order valence-electron chi connectivity index (χ0n) is 18.5. The van der Waals surface area contributed by atoms with Gasteiger partial charge < -0.3 is 19.1 Å². The number of anilines is 1. The summed E-state index contributed by atoms with van der Waals surface area (Å²) in [5.74, 6) is -0.403. The highest BCUT2D eigenvalue weighted by molar-refractivity contribution is 7.89. The molecule has 1 fully saturated rings. The van der Waals surface area contributed by atoms with Crippen molar-refractivity contribution in [1.29, 1.82) is 0 Å². The van der Waals surface area contributed by atoms with E-state index >= 15 is 0 Å². The fourth-order valence-corrected chi connectivity index (χ4v) is 4.38. The Morgan fingerprint density at radius 1 is 1.15 bits per heavy atom. The summed E-state index contributed by atoms with van der Waals surface area (Å²) >= 11 is 6.05. The maximum Gasteiger partial charge on any atom is 0.311 e. The Labute approximate surface area is 197 Å². The van der Waals surface area contributed by atoms with Crippen LogP contribution in [-0.4, -0.2) is 65.6 Å². The summed E-state index contributed by atoms with van der Waals surface area (Å²) in [7, 11) is 0.890. The Morgan fingerprint density at radius 3 is 2.48 bits per heavy atom. The molecule has 1 amide bonds. The highest BCUT2D eigenvalue weighted by atomic mass is 35.5. The van der Waals surface area contributed by atoms with E-state index in [0.717, 1.165) is 4.31 Å². The van der Waals surface area contributed by atoms with Crippen molar-refractivity contribution in [3.63, 3.8) is 0 Å². The molecule has 2 aromatic rings. The van der Waals surface area contributed by atoms with Crippen molar-refractivity contribution in [3.8, 4) is 11.5 Å². The number of benzene rings is 2. The Hall–Kier alpha value is -2.82. The average molecular weight is 497 g/mol. The second-order valence-corrected chi connectivity index (χ2v) is 10.1. The molecule has 1 saturated heterocycles. The first-order valence-electron chi connectivity index (χ1n) is 10.1. The van der Waals surface area contributed by atoms with E-state index in [-0.39, 0.29) is 37.0 Å². The number of ether oxygens (including phenoxy) is 3. The zero-order chi connectivity index (χ0) is 24.2. The molecule has 1 atom stereocenters. The van der Waals surface area contributed by atoms with Crippen molar-refractivity contribution in [1.82, 2.24) is 4.31 Å². The Balaban J connectivity index is 1.50. The van der Waals surface area contributed by atoms with Crippen LogP contribution in [0.4, 0.5) is 5.69 Å². The fourth-order valence-electron chi connectivity index (χ4n) is 3.31. The summed E-state index contributed by atoms with van der Waals surface area (Å²) in [4.78, 5) is 26.5. The molecular formula is C22H25ClN2O7S. The van der Waals surface area contributed by atoms with Crippen molar-refractivity contribution >= 4 is 39.2 Å². The number of nitrogens with zero attached hydrogens (tertiary/aromatic N) is 2. The minimum Gasteiger partial charge on any atom is -0.495 e. The van der Waals surface area contributed by atoms with Gasteiger partial charge in [0.2, 0.25) is 15.9 Å². The third-order valence-electron chi connectivity index (χ3n) is 5.09. The first-order valence-corrected chi connectivity index (χ1v) is 11.9. The molecule has 0 aromatic heterocycles. The SMILES string of the molecule is COc1ccc(Cl)cc1N1C[C@@H](C(=O)OCCOc2ccc(S(=O)(=O)N(C)C)cc2)CC1=O. The molecule has 9 nitrogen and oxygen atoms in total. The van der Waals surface area contributed by atoms with E-state index in [0.29, 0.717) is 22.2 Å². The van der Waals surface area contributed by atoms with Gasteiger partial charge in [-0.15, -0.1) is 0 Å². The lowest BCUT2D eigenvalue weighted by atomic mass is 10.1. The molecule has 1 heterocycles. The van der Waals surface area contributed by atoms with Gasteiger partial charge in [0.1, 0.15) is 24.7 Å². The number of rotatable bonds is 9. The highest BCUT2D eigenvalue weighted by Crippen LogP contribution is 2.35. The Bertz CT molecular complexity index is 1120. The van der Waals surface area contributed by atoms with Gasteiger partial charge in [-0.3, -0.25) is 9.59 Å². The van der Waals surface area contributed by atoms with Crippen molar-refractivity contribution in [2.75, 3.05) is 45.9 Å². The third kappa shape index (κ3) is 5.76. The predicted octanol–water partition coefficient (Wildman–Crippen LogP) is 2.57. The van der Waals surface area contributed by atoms with Crippen LogP contribution < -0.4 is 14.4 Å². The monoisotopic (exact) mass is 496 g/mol. The van der Waals surface area contributed by atoms with E-state index in [9.17, 15) is 18.0 Å². The predicted molar refractivity (Wildman–Crippen MR) is 122 cm³/mol. The number of hydrogen-bond donors (Lipinski definition) is 0. The summed E-state index contributed by atoms with van der Waals surface area (Å²) in [5, 5.41) is 0.453. The number of sulfonamides is 1. The molecule has 0 spiro atoms. The lowest BCUT2D eigenvalue weighted by Crippen LogP contribution is -2.27. The summed E-state index contributed by atoms with van der Waals surface area (Å²) in [6.45, 7) is 0.233. The second-order valence-electron chi connectivity index (χ2n) is 7.50. The third-order valence-corrected chi connectivity index (χ3v) is 7.15. The molecule has 11 heteroatoms. The number of methoxy groups -OCH3 is 1. The van der Waals surface area contributed by atoms with Crippen molar-refractivity contribution in [2.45, 2.75) is 11.3 Å². The molecule has 0 bridgehead atoms. The van der Waals surface area contributed by atoms with Crippen LogP contribution in [0.3, 0.4) is 0 Å². The molecule has 3 rings (SSSR count). The van der Waals surface area contributed by atoms with E-state index in [1.807, 2.05) is 0 Å². The molecule has 0 N–H and O–H groups in total. The molecule has 178 valence electrons.